The highest BCUT2D eigenvalue weighted by atomic mass is 32.1. The Kier molecular flexibility index (Phi) is 6.08. The third-order valence-corrected chi connectivity index (χ3v) is 6.30. The van der Waals surface area contributed by atoms with Crippen molar-refractivity contribution in [1.82, 2.24) is 5.32 Å². The third kappa shape index (κ3) is 4.38. The van der Waals surface area contributed by atoms with Gasteiger partial charge in [0.1, 0.15) is 11.6 Å². The summed E-state index contributed by atoms with van der Waals surface area (Å²) in [6.45, 7) is 5.98. The second kappa shape index (κ2) is 8.35. The Morgan fingerprint density at radius 1 is 1.29 bits per heavy atom. The van der Waals surface area contributed by atoms with E-state index < -0.39 is 17.6 Å². The number of carboxylic acids is 1. The second-order valence-electron chi connectivity index (χ2n) is 8.04. The first-order valence-corrected chi connectivity index (χ1v) is 10.6. The van der Waals surface area contributed by atoms with Gasteiger partial charge in [-0.1, -0.05) is 32.0 Å². The number of hydrogen-bond donors (Lipinski definition) is 3. The smallest absolute Gasteiger partial charge is 0.326 e. The summed E-state index contributed by atoms with van der Waals surface area (Å²) in [5, 5.41) is 17.9. The molecule has 1 amide bonds. The maximum Gasteiger partial charge on any atom is 0.326 e. The van der Waals surface area contributed by atoms with E-state index in [9.17, 15) is 14.7 Å². The molecule has 2 heterocycles. The van der Waals surface area contributed by atoms with Crippen molar-refractivity contribution in [1.29, 1.82) is 0 Å². The zero-order chi connectivity index (χ0) is 20.3. The lowest BCUT2D eigenvalue weighted by Gasteiger charge is -2.39. The molecule has 0 radical (unpaired) electrons. The lowest BCUT2D eigenvalue weighted by atomic mass is 9.80. The van der Waals surface area contributed by atoms with Gasteiger partial charge in [-0.25, -0.2) is 4.79 Å². The number of thiophene rings is 1. The minimum Gasteiger partial charge on any atom is -0.480 e. The molecular formula is C22H28N2O3S. The van der Waals surface area contributed by atoms with Crippen molar-refractivity contribution in [2.45, 2.75) is 58.0 Å². The number of carbonyl (C=O) groups is 2. The van der Waals surface area contributed by atoms with Gasteiger partial charge in [0.2, 0.25) is 5.91 Å². The number of amides is 1. The summed E-state index contributed by atoms with van der Waals surface area (Å²) in [6, 6.07) is 9.18. The number of anilines is 1. The molecule has 0 bridgehead atoms. The molecule has 0 spiro atoms. The molecule has 150 valence electrons. The Labute approximate surface area is 170 Å². The summed E-state index contributed by atoms with van der Waals surface area (Å²) in [6.07, 6.45) is 2.35. The standard InChI is InChI=1S/C22H28N2O3S/c1-14(2)12-19(20(25)26)23-21(27)22(13-17-9-11-28-15(17)3)10-8-16-6-4-5-7-18(16)24-22/h4-7,9,11,14,19,24H,8,10,12-13H2,1-3H3,(H,23,27)(H,25,26)/t19-,22?/m0/s1. The fraction of sp³-hybridized carbons (Fsp3) is 0.455. The average Bonchev–Trinajstić information content (AvgIpc) is 3.05. The van der Waals surface area contributed by atoms with Crippen LogP contribution < -0.4 is 10.6 Å². The average molecular weight is 401 g/mol. The molecule has 5 nitrogen and oxygen atoms in total. The lowest BCUT2D eigenvalue weighted by molar-refractivity contribution is -0.143. The Bertz CT molecular complexity index is 861. The fourth-order valence-corrected chi connectivity index (χ4v) is 4.55. The van der Waals surface area contributed by atoms with Gasteiger partial charge in [-0.15, -0.1) is 11.3 Å². The topological polar surface area (TPSA) is 78.4 Å². The number of hydrogen-bond acceptors (Lipinski definition) is 4. The molecule has 2 aromatic rings. The van der Waals surface area contributed by atoms with Crippen molar-refractivity contribution in [2.24, 2.45) is 5.92 Å². The Balaban J connectivity index is 1.91. The van der Waals surface area contributed by atoms with Gasteiger partial charge in [0, 0.05) is 17.0 Å². The largest absolute Gasteiger partial charge is 0.480 e. The highest BCUT2D eigenvalue weighted by Gasteiger charge is 2.43. The second-order valence-corrected chi connectivity index (χ2v) is 9.16. The van der Waals surface area contributed by atoms with E-state index >= 15 is 0 Å². The predicted molar refractivity (Wildman–Crippen MR) is 113 cm³/mol. The van der Waals surface area contributed by atoms with Crippen molar-refractivity contribution >= 4 is 28.9 Å². The molecule has 1 aliphatic rings. The molecule has 3 N–H and O–H groups in total. The molecule has 28 heavy (non-hydrogen) atoms. The fourth-order valence-electron chi connectivity index (χ4n) is 3.82. The molecule has 1 aliphatic heterocycles. The minimum absolute atomic E-state index is 0.177. The van der Waals surface area contributed by atoms with E-state index in [0.717, 1.165) is 17.7 Å². The molecule has 0 saturated heterocycles. The number of carbonyl (C=O) groups excluding carboxylic acids is 1. The number of aliphatic carboxylic acids is 1. The van der Waals surface area contributed by atoms with Crippen molar-refractivity contribution in [3.8, 4) is 0 Å². The number of carboxylic acid groups (broad SMARTS) is 1. The molecule has 3 rings (SSSR count). The highest BCUT2D eigenvalue weighted by Crippen LogP contribution is 2.35. The van der Waals surface area contributed by atoms with Gasteiger partial charge in [0.05, 0.1) is 0 Å². The maximum atomic E-state index is 13.4. The first kappa shape index (κ1) is 20.4. The van der Waals surface area contributed by atoms with Crippen LogP contribution in [0, 0.1) is 12.8 Å². The van der Waals surface area contributed by atoms with Gasteiger partial charge in [-0.05, 0) is 60.7 Å². The van der Waals surface area contributed by atoms with Crippen molar-refractivity contribution in [3.05, 3.63) is 51.7 Å². The molecule has 6 heteroatoms. The van der Waals surface area contributed by atoms with Gasteiger partial charge in [-0.2, -0.15) is 0 Å². The highest BCUT2D eigenvalue weighted by molar-refractivity contribution is 7.10. The molecule has 2 atom stereocenters. The Morgan fingerprint density at radius 3 is 2.68 bits per heavy atom. The predicted octanol–water partition coefficient (Wildman–Crippen LogP) is 4.01. The summed E-state index contributed by atoms with van der Waals surface area (Å²) in [7, 11) is 0. The van der Waals surface area contributed by atoms with E-state index in [2.05, 4.69) is 29.7 Å². The Morgan fingerprint density at radius 2 is 2.04 bits per heavy atom. The van der Waals surface area contributed by atoms with Crippen LogP contribution in [0.3, 0.4) is 0 Å². The third-order valence-electron chi connectivity index (χ3n) is 5.42. The van der Waals surface area contributed by atoms with Crippen LogP contribution in [0.1, 0.15) is 42.7 Å². The first-order valence-electron chi connectivity index (χ1n) is 9.73. The van der Waals surface area contributed by atoms with Gasteiger partial charge in [0.25, 0.3) is 0 Å². The summed E-state index contributed by atoms with van der Waals surface area (Å²) in [4.78, 5) is 26.3. The molecule has 1 aromatic heterocycles. The van der Waals surface area contributed by atoms with Gasteiger partial charge < -0.3 is 15.7 Å². The zero-order valence-electron chi connectivity index (χ0n) is 16.6. The van der Waals surface area contributed by atoms with E-state index in [1.54, 1.807) is 11.3 Å². The number of benzene rings is 1. The molecule has 0 saturated carbocycles. The van der Waals surface area contributed by atoms with Crippen LogP contribution in [-0.2, 0) is 22.4 Å². The SMILES string of the molecule is Cc1sccc1CC1(C(=O)N[C@@H](CC(C)C)C(=O)O)CCc2ccccc2N1. The van der Waals surface area contributed by atoms with Gasteiger partial charge in [0.15, 0.2) is 0 Å². The Hall–Kier alpha value is -2.34. The monoisotopic (exact) mass is 400 g/mol. The number of fused-ring (bicyclic) bond motifs is 1. The number of nitrogens with one attached hydrogen (secondary N) is 2. The zero-order valence-corrected chi connectivity index (χ0v) is 17.4. The van der Waals surface area contributed by atoms with Crippen molar-refractivity contribution in [2.75, 3.05) is 5.32 Å². The molecular weight excluding hydrogens is 372 g/mol. The van der Waals surface area contributed by atoms with E-state index in [-0.39, 0.29) is 11.8 Å². The van der Waals surface area contributed by atoms with Crippen LogP contribution in [-0.4, -0.2) is 28.6 Å². The van der Waals surface area contributed by atoms with Crippen LogP contribution in [0.25, 0.3) is 0 Å². The first-order chi connectivity index (χ1) is 13.3. The lowest BCUT2D eigenvalue weighted by Crippen LogP contribution is -2.59. The quantitative estimate of drug-likeness (QED) is 0.656. The maximum absolute atomic E-state index is 13.4. The number of rotatable bonds is 7. The van der Waals surface area contributed by atoms with Crippen LogP contribution in [0.4, 0.5) is 5.69 Å². The number of aryl methyl sites for hydroxylation is 2. The summed E-state index contributed by atoms with van der Waals surface area (Å²) < 4.78 is 0. The van der Waals surface area contributed by atoms with Gasteiger partial charge in [-0.3, -0.25) is 4.79 Å². The summed E-state index contributed by atoms with van der Waals surface area (Å²) >= 11 is 1.66. The van der Waals surface area contributed by atoms with Crippen molar-refractivity contribution < 1.29 is 14.7 Å². The summed E-state index contributed by atoms with van der Waals surface area (Å²) in [5.41, 5.74) is 2.41. The van der Waals surface area contributed by atoms with Crippen LogP contribution in [0.5, 0.6) is 0 Å². The van der Waals surface area contributed by atoms with E-state index in [4.69, 9.17) is 0 Å². The normalized spacial score (nSPS) is 19.6. The number of para-hydroxylation sites is 1. The molecule has 1 unspecified atom stereocenters. The minimum atomic E-state index is -0.986. The van der Waals surface area contributed by atoms with E-state index in [0.29, 0.717) is 19.3 Å². The van der Waals surface area contributed by atoms with Crippen LogP contribution in [0.15, 0.2) is 35.7 Å². The van der Waals surface area contributed by atoms with Crippen LogP contribution in [0.2, 0.25) is 0 Å². The van der Waals surface area contributed by atoms with E-state index in [1.807, 2.05) is 37.4 Å². The molecule has 0 aliphatic carbocycles. The van der Waals surface area contributed by atoms with Crippen LogP contribution >= 0.6 is 11.3 Å². The van der Waals surface area contributed by atoms with Gasteiger partial charge >= 0.3 is 5.97 Å². The molecule has 0 fully saturated rings. The van der Waals surface area contributed by atoms with E-state index in [1.165, 1.54) is 10.4 Å². The molecule has 1 aromatic carbocycles. The summed E-state index contributed by atoms with van der Waals surface area (Å²) in [5.74, 6) is -1.04. The van der Waals surface area contributed by atoms with Crippen molar-refractivity contribution in [3.63, 3.8) is 0 Å².